The summed E-state index contributed by atoms with van der Waals surface area (Å²) in [4.78, 5) is 2.30. The Labute approximate surface area is 138 Å². The van der Waals surface area contributed by atoms with Gasteiger partial charge in [-0.2, -0.15) is 0 Å². The van der Waals surface area contributed by atoms with E-state index >= 15 is 0 Å². The summed E-state index contributed by atoms with van der Waals surface area (Å²) in [5.74, 6) is 0. The third-order valence-corrected chi connectivity index (χ3v) is 7.71. The van der Waals surface area contributed by atoms with Gasteiger partial charge in [-0.3, -0.25) is 4.90 Å². The minimum absolute atomic E-state index is 0.217. The molecule has 3 aliphatic heterocycles. The van der Waals surface area contributed by atoms with E-state index in [1.165, 1.54) is 16.8 Å². The molecule has 4 rings (SSSR count). The van der Waals surface area contributed by atoms with Gasteiger partial charge in [0.15, 0.2) is 0 Å². The number of sulfonamides is 1. The topological polar surface area (TPSA) is 52.7 Å². The minimum atomic E-state index is -3.10. The van der Waals surface area contributed by atoms with Gasteiger partial charge < -0.3 is 5.32 Å². The van der Waals surface area contributed by atoms with E-state index in [0.717, 1.165) is 58.4 Å². The number of likely N-dealkylation sites (tertiary alicyclic amines) is 1. The second kappa shape index (κ2) is 6.07. The molecule has 3 heterocycles. The smallest absolute Gasteiger partial charge is 0.218 e. The zero-order chi connectivity index (χ0) is 15.9. The molecule has 6 heteroatoms. The van der Waals surface area contributed by atoms with E-state index in [0.29, 0.717) is 6.54 Å². The monoisotopic (exact) mass is 335 g/mol. The Kier molecular flexibility index (Phi) is 4.07. The number of anilines is 1. The van der Waals surface area contributed by atoms with Crippen LogP contribution in [0.1, 0.15) is 30.4 Å². The normalized spacial score (nSPS) is 25.7. The van der Waals surface area contributed by atoms with Crippen LogP contribution in [0.4, 0.5) is 5.69 Å². The first-order valence-corrected chi connectivity index (χ1v) is 10.2. The predicted molar refractivity (Wildman–Crippen MR) is 92.0 cm³/mol. The lowest BCUT2D eigenvalue weighted by Gasteiger charge is -2.22. The Morgan fingerprint density at radius 3 is 2.83 bits per heavy atom. The van der Waals surface area contributed by atoms with Crippen molar-refractivity contribution in [2.75, 3.05) is 38.0 Å². The molecule has 23 heavy (non-hydrogen) atoms. The fourth-order valence-corrected chi connectivity index (χ4v) is 6.11. The molecule has 0 spiro atoms. The van der Waals surface area contributed by atoms with Gasteiger partial charge in [-0.05, 0) is 43.4 Å². The van der Waals surface area contributed by atoms with E-state index in [1.54, 1.807) is 4.31 Å². The van der Waals surface area contributed by atoms with Crippen molar-refractivity contribution in [2.24, 2.45) is 0 Å². The number of hydrogen-bond acceptors (Lipinski definition) is 4. The van der Waals surface area contributed by atoms with Crippen LogP contribution in [0, 0.1) is 0 Å². The lowest BCUT2D eigenvalue weighted by atomic mass is 10.1. The number of benzene rings is 1. The average molecular weight is 335 g/mol. The van der Waals surface area contributed by atoms with Crippen molar-refractivity contribution in [3.05, 3.63) is 29.3 Å². The fraction of sp³-hybridized carbons (Fsp3) is 0.647. The summed E-state index contributed by atoms with van der Waals surface area (Å²) in [6.45, 7) is 4.84. The summed E-state index contributed by atoms with van der Waals surface area (Å²) in [5.41, 5.74) is 3.97. The molecule has 2 saturated heterocycles. The van der Waals surface area contributed by atoms with Crippen LogP contribution in [0.5, 0.6) is 0 Å². The number of para-hydroxylation sites is 1. The van der Waals surface area contributed by atoms with E-state index in [1.807, 2.05) is 0 Å². The van der Waals surface area contributed by atoms with Gasteiger partial charge in [0.25, 0.3) is 0 Å². The number of nitrogens with zero attached hydrogens (tertiary/aromatic N) is 2. The van der Waals surface area contributed by atoms with Crippen molar-refractivity contribution in [1.29, 1.82) is 0 Å². The minimum Gasteiger partial charge on any atom is -0.384 e. The van der Waals surface area contributed by atoms with Crippen LogP contribution >= 0.6 is 0 Å². The van der Waals surface area contributed by atoms with Crippen molar-refractivity contribution < 1.29 is 8.42 Å². The lowest BCUT2D eigenvalue weighted by Crippen LogP contribution is -2.38. The molecule has 3 aliphatic rings. The number of nitrogens with one attached hydrogen (secondary N) is 1. The molecule has 0 aromatic heterocycles. The van der Waals surface area contributed by atoms with Gasteiger partial charge in [-0.1, -0.05) is 18.2 Å². The van der Waals surface area contributed by atoms with E-state index in [2.05, 4.69) is 28.4 Å². The number of rotatable bonds is 4. The standard InChI is InChI=1S/C17H25N3O2S/c21-23(22,20-9-1-2-10-20)16-7-11-19(13-16)12-15-5-3-4-14-6-8-18-17(14)15/h3-5,16,18H,1-2,6-13H2. The van der Waals surface area contributed by atoms with Crippen molar-refractivity contribution in [3.8, 4) is 0 Å². The highest BCUT2D eigenvalue weighted by Crippen LogP contribution is 2.30. The van der Waals surface area contributed by atoms with Crippen molar-refractivity contribution in [3.63, 3.8) is 0 Å². The zero-order valence-corrected chi connectivity index (χ0v) is 14.3. The van der Waals surface area contributed by atoms with Crippen LogP contribution in [-0.2, 0) is 23.0 Å². The summed E-state index contributed by atoms with van der Waals surface area (Å²) in [6.07, 6.45) is 3.88. The molecule has 2 fully saturated rings. The molecule has 0 radical (unpaired) electrons. The van der Waals surface area contributed by atoms with Gasteiger partial charge in [0.2, 0.25) is 10.0 Å². The third kappa shape index (κ3) is 2.88. The molecule has 1 atom stereocenters. The van der Waals surface area contributed by atoms with Crippen LogP contribution < -0.4 is 5.32 Å². The first-order chi connectivity index (χ1) is 11.1. The van der Waals surface area contributed by atoms with Crippen LogP contribution in [-0.4, -0.2) is 55.6 Å². The van der Waals surface area contributed by atoms with Gasteiger partial charge in [0.05, 0.1) is 5.25 Å². The SMILES string of the molecule is O=S(=O)(C1CCN(Cc2cccc3c2NCC3)C1)N1CCCC1. The second-order valence-electron chi connectivity index (χ2n) is 6.92. The molecule has 0 amide bonds. The van der Waals surface area contributed by atoms with Gasteiger partial charge in [0.1, 0.15) is 0 Å². The van der Waals surface area contributed by atoms with Gasteiger partial charge in [-0.25, -0.2) is 12.7 Å². The van der Waals surface area contributed by atoms with E-state index in [-0.39, 0.29) is 5.25 Å². The Bertz CT molecular complexity index is 683. The highest BCUT2D eigenvalue weighted by atomic mass is 32.2. The van der Waals surface area contributed by atoms with Crippen LogP contribution in [0.15, 0.2) is 18.2 Å². The maximum absolute atomic E-state index is 12.7. The Morgan fingerprint density at radius 2 is 2.00 bits per heavy atom. The molecule has 1 aromatic rings. The Morgan fingerprint density at radius 1 is 1.17 bits per heavy atom. The summed E-state index contributed by atoms with van der Waals surface area (Å²) in [5, 5.41) is 3.26. The second-order valence-corrected chi connectivity index (χ2v) is 9.14. The van der Waals surface area contributed by atoms with E-state index in [9.17, 15) is 8.42 Å². The molecule has 1 unspecified atom stereocenters. The summed E-state index contributed by atoms with van der Waals surface area (Å²) in [6, 6.07) is 6.47. The highest BCUT2D eigenvalue weighted by molar-refractivity contribution is 7.89. The van der Waals surface area contributed by atoms with Crippen molar-refractivity contribution in [1.82, 2.24) is 9.21 Å². The summed E-state index contributed by atoms with van der Waals surface area (Å²) in [7, 11) is -3.10. The first-order valence-electron chi connectivity index (χ1n) is 8.70. The van der Waals surface area contributed by atoms with Crippen molar-refractivity contribution >= 4 is 15.7 Å². The number of hydrogen-bond donors (Lipinski definition) is 1. The molecule has 0 aliphatic carbocycles. The van der Waals surface area contributed by atoms with Gasteiger partial charge in [-0.15, -0.1) is 0 Å². The van der Waals surface area contributed by atoms with Gasteiger partial charge >= 0.3 is 0 Å². The summed E-state index contributed by atoms with van der Waals surface area (Å²) < 4.78 is 27.1. The Balaban J connectivity index is 1.44. The largest absolute Gasteiger partial charge is 0.384 e. The maximum atomic E-state index is 12.7. The van der Waals surface area contributed by atoms with Crippen LogP contribution in [0.3, 0.4) is 0 Å². The summed E-state index contributed by atoms with van der Waals surface area (Å²) >= 11 is 0. The molecular formula is C17H25N3O2S. The first kappa shape index (κ1) is 15.4. The molecular weight excluding hydrogens is 310 g/mol. The molecule has 5 nitrogen and oxygen atoms in total. The van der Waals surface area contributed by atoms with Crippen molar-refractivity contribution in [2.45, 2.75) is 37.5 Å². The van der Waals surface area contributed by atoms with E-state index < -0.39 is 10.0 Å². The molecule has 1 aromatic carbocycles. The maximum Gasteiger partial charge on any atom is 0.218 e. The van der Waals surface area contributed by atoms with Crippen LogP contribution in [0.2, 0.25) is 0 Å². The molecule has 1 N–H and O–H groups in total. The highest BCUT2D eigenvalue weighted by Gasteiger charge is 2.38. The molecule has 126 valence electrons. The third-order valence-electron chi connectivity index (χ3n) is 5.40. The molecule has 0 bridgehead atoms. The van der Waals surface area contributed by atoms with E-state index in [4.69, 9.17) is 0 Å². The van der Waals surface area contributed by atoms with Crippen LogP contribution in [0.25, 0.3) is 0 Å². The number of fused-ring (bicyclic) bond motifs is 1. The quantitative estimate of drug-likeness (QED) is 0.909. The van der Waals surface area contributed by atoms with Gasteiger partial charge in [0, 0.05) is 38.4 Å². The average Bonchev–Trinajstić information content (AvgIpc) is 3.29. The molecule has 0 saturated carbocycles. The fourth-order valence-electron chi connectivity index (χ4n) is 4.12. The lowest BCUT2D eigenvalue weighted by molar-refractivity contribution is 0.330. The predicted octanol–water partition coefficient (Wildman–Crippen LogP) is 1.65. The zero-order valence-electron chi connectivity index (χ0n) is 13.5. The Hall–Kier alpha value is -1.11.